The predicted octanol–water partition coefficient (Wildman–Crippen LogP) is 1.67. The van der Waals surface area contributed by atoms with Gasteiger partial charge in [0.25, 0.3) is 5.91 Å². The second-order valence-electron chi connectivity index (χ2n) is 3.85. The second kappa shape index (κ2) is 7.16. The molecule has 0 aliphatic carbocycles. The molecule has 3 N–H and O–H groups in total. The van der Waals surface area contributed by atoms with E-state index in [0.717, 1.165) is 5.56 Å². The van der Waals surface area contributed by atoms with Gasteiger partial charge in [0.05, 0.1) is 0 Å². The van der Waals surface area contributed by atoms with Crippen molar-refractivity contribution in [3.63, 3.8) is 0 Å². The fourth-order valence-electron chi connectivity index (χ4n) is 1.30. The quantitative estimate of drug-likeness (QED) is 0.566. The van der Waals surface area contributed by atoms with E-state index < -0.39 is 18.4 Å². The van der Waals surface area contributed by atoms with E-state index in [2.05, 4.69) is 10.6 Å². The lowest BCUT2D eigenvalue weighted by Gasteiger charge is -2.06. The van der Waals surface area contributed by atoms with Gasteiger partial charge in [-0.1, -0.05) is 17.7 Å². The lowest BCUT2D eigenvalue weighted by atomic mass is 10.2. The Morgan fingerprint density at radius 1 is 1.50 bits per heavy atom. The number of nitriles is 1. The predicted molar refractivity (Wildman–Crippen MR) is 74.2 cm³/mol. The maximum atomic E-state index is 11.5. The molecule has 1 rings (SSSR count). The number of nitrogens with one attached hydrogen (secondary N) is 2. The summed E-state index contributed by atoms with van der Waals surface area (Å²) in [6.45, 7) is 1.29. The summed E-state index contributed by atoms with van der Waals surface area (Å²) in [7, 11) is 0. The van der Waals surface area contributed by atoms with Crippen LogP contribution in [0.3, 0.4) is 0 Å². The van der Waals surface area contributed by atoms with Crippen LogP contribution in [0.5, 0.6) is 0 Å². The minimum atomic E-state index is -1.19. The largest absolute Gasteiger partial charge is 0.480 e. The van der Waals surface area contributed by atoms with E-state index in [-0.39, 0.29) is 5.57 Å². The van der Waals surface area contributed by atoms with Crippen molar-refractivity contribution in [2.75, 3.05) is 11.9 Å². The van der Waals surface area contributed by atoms with E-state index in [0.29, 0.717) is 10.7 Å². The Balaban J connectivity index is 2.80. The highest BCUT2D eigenvalue weighted by molar-refractivity contribution is 6.30. The van der Waals surface area contributed by atoms with Gasteiger partial charge < -0.3 is 15.7 Å². The van der Waals surface area contributed by atoms with E-state index in [1.165, 1.54) is 6.20 Å². The molecule has 6 nitrogen and oxygen atoms in total. The van der Waals surface area contributed by atoms with Gasteiger partial charge in [-0.2, -0.15) is 5.26 Å². The van der Waals surface area contributed by atoms with E-state index in [9.17, 15) is 9.59 Å². The monoisotopic (exact) mass is 293 g/mol. The number of hydrogen-bond acceptors (Lipinski definition) is 4. The molecule has 0 bridgehead atoms. The zero-order valence-corrected chi connectivity index (χ0v) is 11.4. The summed E-state index contributed by atoms with van der Waals surface area (Å²) in [6, 6.07) is 6.85. The first-order valence-electron chi connectivity index (χ1n) is 5.57. The van der Waals surface area contributed by atoms with E-state index in [1.807, 2.05) is 6.92 Å². The zero-order valence-electron chi connectivity index (χ0n) is 10.6. The summed E-state index contributed by atoms with van der Waals surface area (Å²) in [6.07, 6.45) is 1.20. The van der Waals surface area contributed by atoms with E-state index in [4.69, 9.17) is 22.0 Å². The summed E-state index contributed by atoms with van der Waals surface area (Å²) >= 11 is 5.84. The van der Waals surface area contributed by atoms with Crippen molar-refractivity contribution in [1.82, 2.24) is 5.32 Å². The molecule has 0 unspecified atom stereocenters. The van der Waals surface area contributed by atoms with Crippen molar-refractivity contribution in [3.05, 3.63) is 40.6 Å². The number of hydrogen-bond donors (Lipinski definition) is 3. The smallest absolute Gasteiger partial charge is 0.322 e. The van der Waals surface area contributed by atoms with Gasteiger partial charge in [-0.3, -0.25) is 9.59 Å². The maximum Gasteiger partial charge on any atom is 0.322 e. The number of halogens is 1. The van der Waals surface area contributed by atoms with Crippen molar-refractivity contribution in [2.24, 2.45) is 0 Å². The Kier molecular flexibility index (Phi) is 5.56. The van der Waals surface area contributed by atoms with E-state index >= 15 is 0 Å². The molecule has 0 spiro atoms. The van der Waals surface area contributed by atoms with Crippen molar-refractivity contribution < 1.29 is 14.7 Å². The van der Waals surface area contributed by atoms with Gasteiger partial charge in [0.2, 0.25) is 0 Å². The number of aliphatic carboxylic acids is 1. The minimum absolute atomic E-state index is 0.231. The molecule has 0 saturated carbocycles. The van der Waals surface area contributed by atoms with Gasteiger partial charge in [0.15, 0.2) is 0 Å². The minimum Gasteiger partial charge on any atom is -0.480 e. The first-order valence-corrected chi connectivity index (χ1v) is 5.94. The van der Waals surface area contributed by atoms with Gasteiger partial charge >= 0.3 is 5.97 Å². The van der Waals surface area contributed by atoms with Gasteiger partial charge in [0, 0.05) is 16.9 Å². The number of carboxylic acids is 1. The number of rotatable bonds is 5. The maximum absolute atomic E-state index is 11.5. The van der Waals surface area contributed by atoms with Crippen LogP contribution in [0.1, 0.15) is 5.56 Å². The molecule has 0 fully saturated rings. The summed E-state index contributed by atoms with van der Waals surface area (Å²) in [5.41, 5.74) is 1.30. The first-order chi connectivity index (χ1) is 9.43. The average molecular weight is 294 g/mol. The van der Waals surface area contributed by atoms with Crippen LogP contribution >= 0.6 is 11.6 Å². The number of aryl methyl sites for hydroxylation is 1. The van der Waals surface area contributed by atoms with Crippen molar-refractivity contribution in [3.8, 4) is 6.07 Å². The molecule has 0 atom stereocenters. The summed E-state index contributed by atoms with van der Waals surface area (Å²) < 4.78 is 0. The number of nitrogens with zero attached hydrogens (tertiary/aromatic N) is 1. The number of benzene rings is 1. The zero-order chi connectivity index (χ0) is 15.1. The number of anilines is 1. The van der Waals surface area contributed by atoms with Crippen LogP contribution in [0.25, 0.3) is 0 Å². The summed E-state index contributed by atoms with van der Waals surface area (Å²) in [4.78, 5) is 21.8. The van der Waals surface area contributed by atoms with Gasteiger partial charge in [-0.25, -0.2) is 0 Å². The number of carbonyl (C=O) groups is 2. The van der Waals surface area contributed by atoms with Gasteiger partial charge in [-0.15, -0.1) is 0 Å². The Morgan fingerprint density at radius 3 is 2.80 bits per heavy atom. The fourth-order valence-corrected chi connectivity index (χ4v) is 1.47. The molecular formula is C13H12ClN3O3. The molecule has 104 valence electrons. The molecule has 0 saturated heterocycles. The molecule has 0 heterocycles. The molecule has 20 heavy (non-hydrogen) atoms. The molecule has 0 aliphatic rings. The Hall–Kier alpha value is -2.52. The topological polar surface area (TPSA) is 102 Å². The van der Waals surface area contributed by atoms with Crippen LogP contribution in [0, 0.1) is 18.3 Å². The number of carbonyl (C=O) groups excluding carboxylic acids is 1. The van der Waals surface area contributed by atoms with Gasteiger partial charge in [0.1, 0.15) is 18.2 Å². The highest BCUT2D eigenvalue weighted by Gasteiger charge is 2.10. The van der Waals surface area contributed by atoms with Crippen LogP contribution in [-0.4, -0.2) is 23.5 Å². The highest BCUT2D eigenvalue weighted by Crippen LogP contribution is 2.20. The normalized spacial score (nSPS) is 10.6. The highest BCUT2D eigenvalue weighted by atomic mass is 35.5. The average Bonchev–Trinajstić information content (AvgIpc) is 2.40. The lowest BCUT2D eigenvalue weighted by Crippen LogP contribution is -2.30. The van der Waals surface area contributed by atoms with Crippen LogP contribution in [-0.2, 0) is 9.59 Å². The summed E-state index contributed by atoms with van der Waals surface area (Å²) in [5.74, 6) is -1.95. The Labute approximate surface area is 120 Å². The Bertz CT molecular complexity index is 605. The first kappa shape index (κ1) is 15.5. The SMILES string of the molecule is Cc1ccc(Cl)cc1N/C=C(/C#N)C(=O)NCC(=O)O. The standard InChI is InChI=1S/C13H12ClN3O3/c1-8-2-3-10(14)4-11(8)16-6-9(5-15)13(20)17-7-12(18)19/h2-4,6,16H,7H2,1H3,(H,17,20)(H,18,19)/b9-6-. The number of amides is 1. The molecular weight excluding hydrogens is 282 g/mol. The lowest BCUT2D eigenvalue weighted by molar-refractivity contribution is -0.137. The van der Waals surface area contributed by atoms with Crippen molar-refractivity contribution >= 4 is 29.2 Å². The third-order valence-corrected chi connectivity index (χ3v) is 2.57. The molecule has 1 aromatic carbocycles. The molecule has 0 aromatic heterocycles. The Morgan fingerprint density at radius 2 is 2.20 bits per heavy atom. The molecule has 1 aromatic rings. The van der Waals surface area contributed by atoms with Crippen LogP contribution < -0.4 is 10.6 Å². The van der Waals surface area contributed by atoms with Gasteiger partial charge in [-0.05, 0) is 24.6 Å². The third-order valence-electron chi connectivity index (χ3n) is 2.34. The van der Waals surface area contributed by atoms with Crippen LogP contribution in [0.15, 0.2) is 30.0 Å². The molecule has 1 amide bonds. The summed E-state index contributed by atoms with van der Waals surface area (Å²) in [5, 5.41) is 22.7. The fraction of sp³-hybridized carbons (Fsp3) is 0.154. The number of carboxylic acid groups (broad SMARTS) is 1. The molecule has 7 heteroatoms. The van der Waals surface area contributed by atoms with E-state index in [1.54, 1.807) is 24.3 Å². The van der Waals surface area contributed by atoms with Crippen LogP contribution in [0.4, 0.5) is 5.69 Å². The van der Waals surface area contributed by atoms with Crippen molar-refractivity contribution in [1.29, 1.82) is 5.26 Å². The second-order valence-corrected chi connectivity index (χ2v) is 4.29. The van der Waals surface area contributed by atoms with Crippen LogP contribution in [0.2, 0.25) is 5.02 Å². The van der Waals surface area contributed by atoms with Crippen molar-refractivity contribution in [2.45, 2.75) is 6.92 Å². The molecule has 0 aliphatic heterocycles. The molecule has 0 radical (unpaired) electrons. The third kappa shape index (κ3) is 4.63.